The maximum atomic E-state index is 11.9. The molecular weight excluding hydrogens is 276 g/mol. The fourth-order valence-electron chi connectivity index (χ4n) is 2.05. The van der Waals surface area contributed by atoms with Gasteiger partial charge in [-0.1, -0.05) is 35.9 Å². The van der Waals surface area contributed by atoms with E-state index in [1.165, 1.54) is 6.21 Å². The number of hydrogen-bond donors (Lipinski definition) is 2. The summed E-state index contributed by atoms with van der Waals surface area (Å²) in [5.74, 6) is -0.141. The lowest BCUT2D eigenvalue weighted by molar-refractivity contribution is 0.0955. The Kier molecular flexibility index (Phi) is 5.09. The molecule has 0 atom stereocenters. The van der Waals surface area contributed by atoms with Gasteiger partial charge in [0.15, 0.2) is 0 Å². The van der Waals surface area contributed by atoms with Crippen LogP contribution in [-0.4, -0.2) is 17.2 Å². The number of phenols is 1. The van der Waals surface area contributed by atoms with Crippen molar-refractivity contribution in [3.05, 3.63) is 77.4 Å². The molecule has 2 N–H and O–H groups in total. The van der Waals surface area contributed by atoms with E-state index >= 15 is 0 Å². The molecule has 0 aliphatic rings. The average Bonchev–Trinajstić information content (AvgIpc) is 2.51. The molecule has 2 aromatic rings. The second kappa shape index (κ2) is 7.22. The van der Waals surface area contributed by atoms with Gasteiger partial charge in [0.05, 0.1) is 6.21 Å². The van der Waals surface area contributed by atoms with Gasteiger partial charge >= 0.3 is 0 Å². The molecule has 0 unspecified atom stereocenters. The van der Waals surface area contributed by atoms with Crippen LogP contribution in [0, 0.1) is 6.92 Å². The smallest absolute Gasteiger partial charge is 0.271 e. The van der Waals surface area contributed by atoms with Crippen LogP contribution in [0.1, 0.15) is 27.0 Å². The molecule has 0 aliphatic carbocycles. The first kappa shape index (κ1) is 15.5. The summed E-state index contributed by atoms with van der Waals surface area (Å²) in [6.45, 7) is 5.57. The van der Waals surface area contributed by atoms with E-state index in [2.05, 4.69) is 17.1 Å². The Morgan fingerprint density at radius 2 is 2.09 bits per heavy atom. The van der Waals surface area contributed by atoms with Crippen LogP contribution in [0.2, 0.25) is 0 Å². The summed E-state index contributed by atoms with van der Waals surface area (Å²) in [4.78, 5) is 11.9. The Balaban J connectivity index is 2.08. The number of aryl methyl sites for hydroxylation is 1. The van der Waals surface area contributed by atoms with Crippen molar-refractivity contribution in [1.82, 2.24) is 5.43 Å². The maximum Gasteiger partial charge on any atom is 0.271 e. The van der Waals surface area contributed by atoms with E-state index in [1.54, 1.807) is 24.3 Å². The number of nitrogens with one attached hydrogen (secondary N) is 1. The van der Waals surface area contributed by atoms with Gasteiger partial charge in [-0.25, -0.2) is 5.43 Å². The van der Waals surface area contributed by atoms with Crippen molar-refractivity contribution < 1.29 is 9.90 Å². The number of nitrogens with zero attached hydrogens (tertiary/aromatic N) is 1. The average molecular weight is 294 g/mol. The largest absolute Gasteiger partial charge is 0.507 e. The SMILES string of the molecule is C=CCc1cccc(/C=N/NC(=O)c2cccc(C)c2)c1O. The minimum absolute atomic E-state index is 0.149. The number of carbonyl (C=O) groups excluding carboxylic acids is 1. The molecule has 2 aromatic carbocycles. The number of carbonyl (C=O) groups is 1. The number of aromatic hydroxyl groups is 1. The van der Waals surface area contributed by atoms with Gasteiger partial charge in [0, 0.05) is 11.1 Å². The third-order valence-electron chi connectivity index (χ3n) is 3.17. The Labute approximate surface area is 129 Å². The maximum absolute atomic E-state index is 11.9. The second-order valence-electron chi connectivity index (χ2n) is 4.92. The van der Waals surface area contributed by atoms with Gasteiger partial charge in [0.2, 0.25) is 0 Å². The lowest BCUT2D eigenvalue weighted by Gasteiger charge is -2.05. The number of para-hydroxylation sites is 1. The third-order valence-corrected chi connectivity index (χ3v) is 3.17. The van der Waals surface area contributed by atoms with Crippen molar-refractivity contribution >= 4 is 12.1 Å². The minimum Gasteiger partial charge on any atom is -0.507 e. The van der Waals surface area contributed by atoms with Crippen LogP contribution in [0.5, 0.6) is 5.75 Å². The van der Waals surface area contributed by atoms with Crippen LogP contribution in [0.3, 0.4) is 0 Å². The zero-order valence-electron chi connectivity index (χ0n) is 12.4. The fraction of sp³-hybridized carbons (Fsp3) is 0.111. The number of phenolic OH excluding ortho intramolecular Hbond substituents is 1. The normalized spacial score (nSPS) is 10.6. The highest BCUT2D eigenvalue weighted by Crippen LogP contribution is 2.21. The number of amides is 1. The van der Waals surface area contributed by atoms with Crippen LogP contribution in [0.15, 0.2) is 60.2 Å². The molecule has 22 heavy (non-hydrogen) atoms. The van der Waals surface area contributed by atoms with Crippen molar-refractivity contribution in [2.75, 3.05) is 0 Å². The van der Waals surface area contributed by atoms with E-state index in [9.17, 15) is 9.90 Å². The summed E-state index contributed by atoms with van der Waals surface area (Å²) >= 11 is 0. The molecule has 0 fully saturated rings. The minimum atomic E-state index is -0.290. The molecule has 0 saturated carbocycles. The van der Waals surface area contributed by atoms with Crippen molar-refractivity contribution in [3.63, 3.8) is 0 Å². The van der Waals surface area contributed by atoms with Crippen LogP contribution in [0.25, 0.3) is 0 Å². The zero-order chi connectivity index (χ0) is 15.9. The molecule has 1 amide bonds. The second-order valence-corrected chi connectivity index (χ2v) is 4.92. The fourth-order valence-corrected chi connectivity index (χ4v) is 2.05. The van der Waals surface area contributed by atoms with Crippen molar-refractivity contribution in [2.45, 2.75) is 13.3 Å². The monoisotopic (exact) mass is 294 g/mol. The Hall–Kier alpha value is -2.88. The quantitative estimate of drug-likeness (QED) is 0.505. The topological polar surface area (TPSA) is 61.7 Å². The van der Waals surface area contributed by atoms with Gasteiger partial charge in [0.1, 0.15) is 5.75 Å². The Bertz CT molecular complexity index is 721. The standard InChI is InChI=1S/C18H18N2O2/c1-3-6-14-8-5-10-16(17(14)21)12-19-20-18(22)15-9-4-7-13(2)11-15/h3-5,7-12,21H,1,6H2,2H3,(H,20,22)/b19-12+. The number of allylic oxidation sites excluding steroid dienone is 1. The molecule has 0 aliphatic heterocycles. The summed E-state index contributed by atoms with van der Waals surface area (Å²) in [5.41, 5.74) is 5.31. The van der Waals surface area contributed by atoms with E-state index in [0.29, 0.717) is 17.5 Å². The summed E-state index contributed by atoms with van der Waals surface area (Å²) in [6.07, 6.45) is 3.72. The molecule has 4 heteroatoms. The molecule has 0 heterocycles. The predicted molar refractivity (Wildman–Crippen MR) is 88.2 cm³/mol. The van der Waals surface area contributed by atoms with Gasteiger partial charge < -0.3 is 5.11 Å². The van der Waals surface area contributed by atoms with E-state index in [1.807, 2.05) is 31.2 Å². The summed E-state index contributed by atoms with van der Waals surface area (Å²) < 4.78 is 0. The number of rotatable bonds is 5. The van der Waals surface area contributed by atoms with Crippen molar-refractivity contribution in [2.24, 2.45) is 5.10 Å². The Morgan fingerprint density at radius 3 is 2.82 bits per heavy atom. The first-order valence-corrected chi connectivity index (χ1v) is 6.93. The lowest BCUT2D eigenvalue weighted by Crippen LogP contribution is -2.17. The lowest BCUT2D eigenvalue weighted by atomic mass is 10.1. The Morgan fingerprint density at radius 1 is 1.32 bits per heavy atom. The van der Waals surface area contributed by atoms with Crippen LogP contribution < -0.4 is 5.43 Å². The van der Waals surface area contributed by atoms with E-state index < -0.39 is 0 Å². The molecule has 2 rings (SSSR count). The predicted octanol–water partition coefficient (Wildman–Crippen LogP) is 3.19. The molecule has 0 saturated heterocycles. The van der Waals surface area contributed by atoms with E-state index in [0.717, 1.165) is 11.1 Å². The van der Waals surface area contributed by atoms with E-state index in [-0.39, 0.29) is 11.7 Å². The molecule has 0 aromatic heterocycles. The molecule has 0 bridgehead atoms. The summed E-state index contributed by atoms with van der Waals surface area (Å²) in [5, 5.41) is 14.0. The van der Waals surface area contributed by atoms with Crippen LogP contribution >= 0.6 is 0 Å². The molecule has 4 nitrogen and oxygen atoms in total. The molecule has 112 valence electrons. The van der Waals surface area contributed by atoms with Crippen LogP contribution in [-0.2, 0) is 6.42 Å². The number of hydrazone groups is 1. The molecule has 0 spiro atoms. The molecular formula is C18H18N2O2. The number of hydrogen-bond acceptors (Lipinski definition) is 3. The number of benzene rings is 2. The van der Waals surface area contributed by atoms with Crippen molar-refractivity contribution in [1.29, 1.82) is 0 Å². The van der Waals surface area contributed by atoms with Gasteiger partial charge in [-0.15, -0.1) is 6.58 Å². The van der Waals surface area contributed by atoms with Crippen molar-refractivity contribution in [3.8, 4) is 5.75 Å². The first-order chi connectivity index (χ1) is 10.6. The molecule has 0 radical (unpaired) electrons. The van der Waals surface area contributed by atoms with Gasteiger partial charge in [-0.3, -0.25) is 4.79 Å². The summed E-state index contributed by atoms with van der Waals surface area (Å²) in [7, 11) is 0. The van der Waals surface area contributed by atoms with Gasteiger partial charge in [-0.2, -0.15) is 5.10 Å². The zero-order valence-corrected chi connectivity index (χ0v) is 12.4. The summed E-state index contributed by atoms with van der Waals surface area (Å²) in [6, 6.07) is 12.6. The van der Waals surface area contributed by atoms with Gasteiger partial charge in [0.25, 0.3) is 5.91 Å². The third kappa shape index (κ3) is 3.82. The van der Waals surface area contributed by atoms with E-state index in [4.69, 9.17) is 0 Å². The highest BCUT2D eigenvalue weighted by Gasteiger charge is 2.05. The highest BCUT2D eigenvalue weighted by atomic mass is 16.3. The highest BCUT2D eigenvalue weighted by molar-refractivity contribution is 5.95. The van der Waals surface area contributed by atoms with Crippen LogP contribution in [0.4, 0.5) is 0 Å². The first-order valence-electron chi connectivity index (χ1n) is 6.93. The van der Waals surface area contributed by atoms with Gasteiger partial charge in [-0.05, 0) is 37.1 Å².